The molecule has 0 spiro atoms. The zero-order chi connectivity index (χ0) is 18.6. The molecule has 1 aromatic heterocycles. The van der Waals surface area contributed by atoms with Gasteiger partial charge in [-0.2, -0.15) is 0 Å². The maximum absolute atomic E-state index is 12.1. The standard InChI is InChI=1S/C17H29N5O2S.HI/c1-12(14-20-13(2)11-25-14)10-19-15(18)21-6-8-22(9-7-21)16(23)24-17(3,4)5;/h11-12H,6-10H2,1-5H3,(H2,18,19);1H. The maximum Gasteiger partial charge on any atom is 0.410 e. The Kier molecular flexibility index (Phi) is 8.58. The van der Waals surface area contributed by atoms with E-state index < -0.39 is 5.60 Å². The third-order valence-electron chi connectivity index (χ3n) is 3.84. The number of hydrogen-bond acceptors (Lipinski definition) is 5. The van der Waals surface area contributed by atoms with Gasteiger partial charge in [-0.15, -0.1) is 35.3 Å². The predicted molar refractivity (Wildman–Crippen MR) is 117 cm³/mol. The van der Waals surface area contributed by atoms with Gasteiger partial charge in [0.1, 0.15) is 5.60 Å². The highest BCUT2D eigenvalue weighted by Gasteiger charge is 2.26. The molecule has 1 atom stereocenters. The zero-order valence-corrected chi connectivity index (χ0v) is 19.3. The molecule has 1 saturated heterocycles. The van der Waals surface area contributed by atoms with Crippen molar-refractivity contribution >= 4 is 47.4 Å². The Bertz CT molecular complexity index is 621. The third kappa shape index (κ3) is 6.90. The molecule has 0 saturated carbocycles. The topological polar surface area (TPSA) is 84.0 Å². The quantitative estimate of drug-likeness (QED) is 0.396. The van der Waals surface area contributed by atoms with Crippen molar-refractivity contribution in [2.24, 2.45) is 10.7 Å². The second kappa shape index (κ2) is 9.72. The van der Waals surface area contributed by atoms with E-state index in [0.717, 1.165) is 10.7 Å². The van der Waals surface area contributed by atoms with Gasteiger partial charge in [-0.3, -0.25) is 4.99 Å². The van der Waals surface area contributed by atoms with E-state index in [4.69, 9.17) is 10.5 Å². The molecule has 1 aliphatic heterocycles. The summed E-state index contributed by atoms with van der Waals surface area (Å²) in [4.78, 5) is 24.8. The minimum atomic E-state index is -0.473. The number of nitrogens with two attached hydrogens (primary N) is 1. The summed E-state index contributed by atoms with van der Waals surface area (Å²) in [6, 6.07) is 0. The number of aromatic nitrogens is 1. The van der Waals surface area contributed by atoms with E-state index >= 15 is 0 Å². The number of carbonyl (C=O) groups is 1. The number of halogens is 1. The van der Waals surface area contributed by atoms with E-state index in [1.54, 1.807) is 16.2 Å². The summed E-state index contributed by atoms with van der Waals surface area (Å²) >= 11 is 1.66. The molecule has 2 heterocycles. The van der Waals surface area contributed by atoms with E-state index in [1.165, 1.54) is 0 Å². The summed E-state index contributed by atoms with van der Waals surface area (Å²) in [5.74, 6) is 0.782. The average molecular weight is 495 g/mol. The summed E-state index contributed by atoms with van der Waals surface area (Å²) in [6.45, 7) is 12.8. The van der Waals surface area contributed by atoms with Crippen LogP contribution in [0.1, 0.15) is 44.3 Å². The molecule has 1 fully saturated rings. The van der Waals surface area contributed by atoms with Crippen LogP contribution < -0.4 is 5.73 Å². The molecule has 26 heavy (non-hydrogen) atoms. The Hall–Kier alpha value is -1.10. The van der Waals surface area contributed by atoms with Crippen LogP contribution in [0.25, 0.3) is 0 Å². The summed E-state index contributed by atoms with van der Waals surface area (Å²) < 4.78 is 5.40. The Balaban J connectivity index is 0.00000338. The molecule has 1 unspecified atom stereocenters. The zero-order valence-electron chi connectivity index (χ0n) is 16.2. The number of thiazole rings is 1. The minimum Gasteiger partial charge on any atom is -0.444 e. The molecule has 7 nitrogen and oxygen atoms in total. The van der Waals surface area contributed by atoms with Crippen LogP contribution in [-0.4, -0.2) is 65.2 Å². The number of ether oxygens (including phenoxy) is 1. The Morgan fingerprint density at radius 2 is 1.92 bits per heavy atom. The molecule has 148 valence electrons. The van der Waals surface area contributed by atoms with Crippen molar-refractivity contribution in [1.29, 1.82) is 0 Å². The number of amides is 1. The van der Waals surface area contributed by atoms with Gasteiger partial charge in [0.25, 0.3) is 0 Å². The van der Waals surface area contributed by atoms with Gasteiger partial charge in [-0.1, -0.05) is 6.92 Å². The van der Waals surface area contributed by atoms with Crippen LogP contribution in [0.15, 0.2) is 10.4 Å². The molecule has 2 rings (SSSR count). The van der Waals surface area contributed by atoms with Crippen molar-refractivity contribution in [3.8, 4) is 0 Å². The minimum absolute atomic E-state index is 0. The van der Waals surface area contributed by atoms with E-state index in [1.807, 2.05) is 32.6 Å². The fourth-order valence-electron chi connectivity index (χ4n) is 2.45. The Morgan fingerprint density at radius 1 is 1.35 bits per heavy atom. The van der Waals surface area contributed by atoms with E-state index in [0.29, 0.717) is 38.7 Å². The first-order valence-electron chi connectivity index (χ1n) is 8.60. The molecule has 0 aliphatic carbocycles. The SMILES string of the molecule is Cc1csc(C(C)CN=C(N)N2CCN(C(=O)OC(C)(C)C)CC2)n1.I. The lowest BCUT2D eigenvalue weighted by atomic mass is 10.2. The fraction of sp³-hybridized carbons (Fsp3) is 0.706. The maximum atomic E-state index is 12.1. The van der Waals surface area contributed by atoms with Crippen LogP contribution in [0.2, 0.25) is 0 Å². The van der Waals surface area contributed by atoms with E-state index in [2.05, 4.69) is 22.3 Å². The molecule has 1 aliphatic rings. The lowest BCUT2D eigenvalue weighted by molar-refractivity contribution is 0.0186. The highest BCUT2D eigenvalue weighted by atomic mass is 127. The number of aryl methyl sites for hydroxylation is 1. The van der Waals surface area contributed by atoms with Gasteiger partial charge in [0.2, 0.25) is 0 Å². The third-order valence-corrected chi connectivity index (χ3v) is 5.03. The lowest BCUT2D eigenvalue weighted by Gasteiger charge is -2.36. The number of piperazine rings is 1. The van der Waals surface area contributed by atoms with Gasteiger partial charge >= 0.3 is 6.09 Å². The average Bonchev–Trinajstić information content (AvgIpc) is 2.97. The first-order chi connectivity index (χ1) is 11.7. The fourth-order valence-corrected chi connectivity index (χ4v) is 3.30. The van der Waals surface area contributed by atoms with Crippen LogP contribution in [0.4, 0.5) is 4.79 Å². The van der Waals surface area contributed by atoms with Crippen molar-refractivity contribution in [2.45, 2.75) is 46.1 Å². The molecular weight excluding hydrogens is 465 g/mol. The molecule has 2 N–H and O–H groups in total. The molecular formula is C17H30IN5O2S. The van der Waals surface area contributed by atoms with Crippen molar-refractivity contribution in [1.82, 2.24) is 14.8 Å². The molecule has 9 heteroatoms. The normalized spacial score (nSPS) is 16.9. The van der Waals surface area contributed by atoms with Crippen molar-refractivity contribution in [3.05, 3.63) is 16.1 Å². The number of carbonyl (C=O) groups excluding carboxylic acids is 1. The van der Waals surface area contributed by atoms with Gasteiger partial charge in [-0.05, 0) is 27.7 Å². The summed E-state index contributed by atoms with van der Waals surface area (Å²) in [5.41, 5.74) is 6.70. The van der Waals surface area contributed by atoms with Crippen LogP contribution >= 0.6 is 35.3 Å². The van der Waals surface area contributed by atoms with Crippen LogP contribution in [0, 0.1) is 6.92 Å². The first kappa shape index (κ1) is 22.9. The largest absolute Gasteiger partial charge is 0.444 e. The smallest absolute Gasteiger partial charge is 0.410 e. The van der Waals surface area contributed by atoms with E-state index in [9.17, 15) is 4.79 Å². The van der Waals surface area contributed by atoms with Crippen LogP contribution in [0.3, 0.4) is 0 Å². The monoisotopic (exact) mass is 495 g/mol. The number of hydrogen-bond donors (Lipinski definition) is 1. The number of rotatable bonds is 3. The van der Waals surface area contributed by atoms with Crippen molar-refractivity contribution < 1.29 is 9.53 Å². The second-order valence-electron chi connectivity index (χ2n) is 7.38. The van der Waals surface area contributed by atoms with Gasteiger partial charge in [0.15, 0.2) is 5.96 Å². The molecule has 1 amide bonds. The number of guanidine groups is 1. The first-order valence-corrected chi connectivity index (χ1v) is 9.48. The Labute approximate surface area is 177 Å². The summed E-state index contributed by atoms with van der Waals surface area (Å²) in [5, 5.41) is 3.14. The molecule has 0 aromatic carbocycles. The highest BCUT2D eigenvalue weighted by Crippen LogP contribution is 2.20. The molecule has 0 bridgehead atoms. The molecule has 1 aromatic rings. The van der Waals surface area contributed by atoms with E-state index in [-0.39, 0.29) is 36.0 Å². The van der Waals surface area contributed by atoms with Gasteiger partial charge in [0, 0.05) is 43.2 Å². The molecule has 0 radical (unpaired) electrons. The van der Waals surface area contributed by atoms with Crippen molar-refractivity contribution in [3.63, 3.8) is 0 Å². The second-order valence-corrected chi connectivity index (χ2v) is 8.27. The predicted octanol–water partition coefficient (Wildman–Crippen LogP) is 3.04. The number of aliphatic imine (C=N–C) groups is 1. The summed E-state index contributed by atoms with van der Waals surface area (Å²) in [6.07, 6.45) is -0.268. The van der Waals surface area contributed by atoms with Crippen LogP contribution in [-0.2, 0) is 4.74 Å². The number of nitrogens with zero attached hydrogens (tertiary/aromatic N) is 4. The van der Waals surface area contributed by atoms with Gasteiger partial charge < -0.3 is 20.3 Å². The lowest BCUT2D eigenvalue weighted by Crippen LogP contribution is -2.53. The van der Waals surface area contributed by atoms with Gasteiger partial charge in [0.05, 0.1) is 11.6 Å². The van der Waals surface area contributed by atoms with Gasteiger partial charge in [-0.25, -0.2) is 9.78 Å². The summed E-state index contributed by atoms with van der Waals surface area (Å²) in [7, 11) is 0. The Morgan fingerprint density at radius 3 is 2.42 bits per heavy atom. The van der Waals surface area contributed by atoms with Crippen molar-refractivity contribution in [2.75, 3.05) is 32.7 Å². The van der Waals surface area contributed by atoms with Crippen LogP contribution in [0.5, 0.6) is 0 Å². The highest BCUT2D eigenvalue weighted by molar-refractivity contribution is 14.0.